The first-order valence-corrected chi connectivity index (χ1v) is 11.4. The van der Waals surface area contributed by atoms with Gasteiger partial charge in [-0.25, -0.2) is 4.68 Å². The van der Waals surface area contributed by atoms with Gasteiger partial charge in [0.05, 0.1) is 37.3 Å². The molecule has 0 aliphatic carbocycles. The Bertz CT molecular complexity index is 1050. The average molecular weight is 491 g/mol. The van der Waals surface area contributed by atoms with Gasteiger partial charge in [-0.05, 0) is 13.3 Å². The molecule has 2 aromatic heterocycles. The van der Waals surface area contributed by atoms with Crippen LogP contribution in [0.5, 0.6) is 0 Å². The Morgan fingerprint density at radius 2 is 1.74 bits per heavy atom. The molecule has 1 aromatic carbocycles. The highest BCUT2D eigenvalue weighted by Crippen LogP contribution is 2.29. The summed E-state index contributed by atoms with van der Waals surface area (Å²) in [5, 5.41) is 65.4. The van der Waals surface area contributed by atoms with Gasteiger partial charge in [-0.3, -0.25) is 0 Å². The average Bonchev–Trinajstić information content (AvgIpc) is 3.57. The largest absolute Gasteiger partial charge is 0.394 e. The molecular formula is C22H30N6O7. The first-order chi connectivity index (χ1) is 16.9. The maximum atomic E-state index is 10.2. The maximum Gasteiger partial charge on any atom is 0.180 e. The number of benzene rings is 1. The van der Waals surface area contributed by atoms with E-state index in [2.05, 4.69) is 25.7 Å². The molecule has 2 fully saturated rings. The Balaban J connectivity index is 0.000000243. The van der Waals surface area contributed by atoms with Gasteiger partial charge in [-0.2, -0.15) is 15.4 Å². The van der Waals surface area contributed by atoms with Crippen molar-refractivity contribution in [3.05, 3.63) is 36.7 Å². The summed E-state index contributed by atoms with van der Waals surface area (Å²) >= 11 is 0. The number of ether oxygens (including phenoxy) is 2. The van der Waals surface area contributed by atoms with Crippen molar-refractivity contribution in [1.29, 1.82) is 0 Å². The molecule has 3 aromatic rings. The molecule has 5 rings (SSSR count). The van der Waals surface area contributed by atoms with Gasteiger partial charge < -0.3 is 35.0 Å². The van der Waals surface area contributed by atoms with Crippen LogP contribution in [0.25, 0.3) is 22.5 Å². The van der Waals surface area contributed by atoms with Gasteiger partial charge >= 0.3 is 0 Å². The standard InChI is InChI=1S/C16H18N6O3.C6H12O4/c1-9-6-14(23)15(24)16(25-9)22-8-13(19-21-22)11-4-2-10(3-5-11)12-7-17-20-18-12;7-3-5-6(9)4(8)1-2-10-5/h2-5,7-9,14-16,23-24H,6H2,1H3,(H,17,18,20);4-9H,1-3H2/t9?,14?,15?,16-;4?,5?,6-/m00/s1. The smallest absolute Gasteiger partial charge is 0.180 e. The van der Waals surface area contributed by atoms with Crippen molar-refractivity contribution in [2.24, 2.45) is 0 Å². The molecule has 0 radical (unpaired) electrons. The maximum absolute atomic E-state index is 10.2. The molecule has 2 aliphatic heterocycles. The second-order valence-electron chi connectivity index (χ2n) is 8.59. The van der Waals surface area contributed by atoms with E-state index in [0.29, 0.717) is 25.1 Å². The van der Waals surface area contributed by atoms with Gasteiger partial charge in [0.25, 0.3) is 0 Å². The van der Waals surface area contributed by atoms with Crippen LogP contribution in [-0.4, -0.2) is 106 Å². The van der Waals surface area contributed by atoms with E-state index in [0.717, 1.165) is 16.8 Å². The fraction of sp³-hybridized carbons (Fsp3) is 0.545. The molecule has 13 heteroatoms. The number of nitrogens with zero attached hydrogens (tertiary/aromatic N) is 5. The van der Waals surface area contributed by atoms with Crippen molar-refractivity contribution < 1.29 is 35.0 Å². The molecule has 35 heavy (non-hydrogen) atoms. The quantitative estimate of drug-likeness (QED) is 0.270. The van der Waals surface area contributed by atoms with Crippen LogP contribution in [-0.2, 0) is 9.47 Å². The van der Waals surface area contributed by atoms with Crippen LogP contribution in [0.3, 0.4) is 0 Å². The lowest BCUT2D eigenvalue weighted by Gasteiger charge is -2.35. The third kappa shape index (κ3) is 5.90. The normalized spacial score (nSPS) is 31.0. The highest BCUT2D eigenvalue weighted by Gasteiger charge is 2.37. The Labute approximate surface area is 200 Å². The summed E-state index contributed by atoms with van der Waals surface area (Å²) in [6, 6.07) is 7.66. The van der Waals surface area contributed by atoms with Crippen LogP contribution in [0.15, 0.2) is 36.7 Å². The summed E-state index contributed by atoms with van der Waals surface area (Å²) in [7, 11) is 0. The summed E-state index contributed by atoms with van der Waals surface area (Å²) in [4.78, 5) is 0. The van der Waals surface area contributed by atoms with Crippen LogP contribution in [0.2, 0.25) is 0 Å². The lowest BCUT2D eigenvalue weighted by molar-refractivity contribution is -0.197. The lowest BCUT2D eigenvalue weighted by atomic mass is 10.0. The van der Waals surface area contributed by atoms with E-state index in [9.17, 15) is 10.2 Å². The van der Waals surface area contributed by atoms with Crippen LogP contribution in [0.1, 0.15) is 26.0 Å². The molecule has 7 atom stereocenters. The summed E-state index contributed by atoms with van der Waals surface area (Å²) in [6.07, 6.45) is -0.909. The number of aliphatic hydroxyl groups excluding tert-OH is 5. The van der Waals surface area contributed by atoms with E-state index >= 15 is 0 Å². The van der Waals surface area contributed by atoms with Crippen molar-refractivity contribution in [2.75, 3.05) is 13.2 Å². The van der Waals surface area contributed by atoms with Crippen LogP contribution in [0.4, 0.5) is 0 Å². The van der Waals surface area contributed by atoms with Gasteiger partial charge in [0, 0.05) is 24.2 Å². The van der Waals surface area contributed by atoms with Crippen LogP contribution < -0.4 is 0 Å². The molecule has 2 saturated heterocycles. The van der Waals surface area contributed by atoms with Crippen LogP contribution in [0, 0.1) is 0 Å². The molecular weight excluding hydrogens is 460 g/mol. The van der Waals surface area contributed by atoms with Gasteiger partial charge in [0.15, 0.2) is 6.23 Å². The number of nitrogens with one attached hydrogen (secondary N) is 1. The zero-order valence-electron chi connectivity index (χ0n) is 19.1. The third-order valence-electron chi connectivity index (χ3n) is 5.99. The molecule has 190 valence electrons. The SMILES string of the molecule is CC1CC(O)C(O)[C@@H](n2cc(-c3ccc(-c4cn[nH]n4)cc3)nn2)O1.OCC1OCCC(O)[C@@H]1O. The summed E-state index contributed by atoms with van der Waals surface area (Å²) in [6.45, 7) is 2.02. The lowest BCUT2D eigenvalue weighted by Crippen LogP contribution is -2.46. The third-order valence-corrected chi connectivity index (χ3v) is 5.99. The van der Waals surface area contributed by atoms with Crippen molar-refractivity contribution in [2.45, 2.75) is 62.6 Å². The van der Waals surface area contributed by atoms with Crippen molar-refractivity contribution in [3.8, 4) is 22.5 Å². The number of aromatic nitrogens is 6. The number of aliphatic hydroxyl groups is 5. The zero-order valence-corrected chi connectivity index (χ0v) is 19.1. The van der Waals surface area contributed by atoms with E-state index in [4.69, 9.17) is 24.8 Å². The van der Waals surface area contributed by atoms with Gasteiger partial charge in [-0.15, -0.1) is 5.10 Å². The Kier molecular flexibility index (Phi) is 8.18. The molecule has 0 saturated carbocycles. The minimum atomic E-state index is -1.04. The molecule has 13 nitrogen and oxygen atoms in total. The van der Waals surface area contributed by atoms with Gasteiger partial charge in [0.2, 0.25) is 0 Å². The molecule has 2 aliphatic rings. The zero-order chi connectivity index (χ0) is 24.9. The summed E-state index contributed by atoms with van der Waals surface area (Å²) in [5.41, 5.74) is 3.22. The predicted molar refractivity (Wildman–Crippen MR) is 121 cm³/mol. The van der Waals surface area contributed by atoms with Crippen LogP contribution >= 0.6 is 0 Å². The van der Waals surface area contributed by atoms with Crippen molar-refractivity contribution >= 4 is 0 Å². The highest BCUT2D eigenvalue weighted by atomic mass is 16.5. The number of hydrogen-bond donors (Lipinski definition) is 6. The Hall–Kier alpha value is -2.78. The van der Waals surface area contributed by atoms with E-state index < -0.39 is 36.7 Å². The molecule has 0 spiro atoms. The van der Waals surface area contributed by atoms with E-state index in [1.165, 1.54) is 4.68 Å². The monoisotopic (exact) mass is 490 g/mol. The fourth-order valence-electron chi connectivity index (χ4n) is 3.97. The van der Waals surface area contributed by atoms with Crippen molar-refractivity contribution in [3.63, 3.8) is 0 Å². The van der Waals surface area contributed by atoms with Gasteiger partial charge in [-0.1, -0.05) is 29.5 Å². The first-order valence-electron chi connectivity index (χ1n) is 11.4. The molecule has 0 amide bonds. The predicted octanol–water partition coefficient (Wildman–Crippen LogP) is -0.751. The fourth-order valence-corrected chi connectivity index (χ4v) is 3.97. The number of rotatable bonds is 4. The van der Waals surface area contributed by atoms with E-state index in [1.54, 1.807) is 12.4 Å². The van der Waals surface area contributed by atoms with E-state index in [-0.39, 0.29) is 12.7 Å². The summed E-state index contributed by atoms with van der Waals surface area (Å²) < 4.78 is 12.1. The van der Waals surface area contributed by atoms with Crippen molar-refractivity contribution in [1.82, 2.24) is 30.4 Å². The molecule has 4 heterocycles. The Morgan fingerprint density at radius 3 is 2.37 bits per heavy atom. The minimum Gasteiger partial charge on any atom is -0.394 e. The number of H-pyrrole nitrogens is 1. The number of hydrogen-bond acceptors (Lipinski definition) is 11. The second-order valence-corrected chi connectivity index (χ2v) is 8.59. The second kappa shape index (κ2) is 11.3. The number of aromatic amines is 1. The topological polar surface area (TPSA) is 192 Å². The molecule has 5 unspecified atom stereocenters. The Morgan fingerprint density at radius 1 is 1.03 bits per heavy atom. The van der Waals surface area contributed by atoms with E-state index in [1.807, 2.05) is 31.2 Å². The molecule has 6 N–H and O–H groups in total. The highest BCUT2D eigenvalue weighted by molar-refractivity contribution is 5.65. The minimum absolute atomic E-state index is 0.169. The summed E-state index contributed by atoms with van der Waals surface area (Å²) in [5.74, 6) is 0. The first kappa shape index (κ1) is 25.3. The molecule has 0 bridgehead atoms. The van der Waals surface area contributed by atoms with Gasteiger partial charge in [0.1, 0.15) is 29.7 Å².